The van der Waals surface area contributed by atoms with Gasteiger partial charge in [-0.1, -0.05) is 41.4 Å². The third-order valence-electron chi connectivity index (χ3n) is 6.00. The molecular formula is C27H22ClN3O5S2. The van der Waals surface area contributed by atoms with E-state index in [0.717, 1.165) is 15.4 Å². The van der Waals surface area contributed by atoms with E-state index in [4.69, 9.17) is 11.6 Å². The maximum absolute atomic E-state index is 13.4. The molecule has 0 aromatic heterocycles. The Balaban J connectivity index is 1.34. The van der Waals surface area contributed by atoms with Crippen LogP contribution >= 0.6 is 11.6 Å². The second-order valence-electron chi connectivity index (χ2n) is 8.71. The fraction of sp³-hybridized carbons (Fsp3) is 0.0741. The Morgan fingerprint density at radius 1 is 0.868 bits per heavy atom. The van der Waals surface area contributed by atoms with Crippen molar-refractivity contribution >= 4 is 54.6 Å². The van der Waals surface area contributed by atoms with Crippen molar-refractivity contribution in [3.8, 4) is 11.1 Å². The number of carbonyl (C=O) groups is 1. The Bertz CT molecular complexity index is 1760. The Morgan fingerprint density at radius 3 is 2.24 bits per heavy atom. The first kappa shape index (κ1) is 25.8. The average molecular weight is 568 g/mol. The first-order valence-electron chi connectivity index (χ1n) is 11.5. The number of carbonyl (C=O) groups excluding carboxylic acids is 1. The van der Waals surface area contributed by atoms with Gasteiger partial charge in [0.05, 0.1) is 15.5 Å². The normalized spacial score (nSPS) is 13.8. The van der Waals surface area contributed by atoms with Gasteiger partial charge in [-0.3, -0.25) is 13.8 Å². The van der Waals surface area contributed by atoms with E-state index < -0.39 is 32.5 Å². The highest BCUT2D eigenvalue weighted by atomic mass is 35.5. The van der Waals surface area contributed by atoms with Crippen LogP contribution in [0.5, 0.6) is 0 Å². The molecule has 11 heteroatoms. The summed E-state index contributed by atoms with van der Waals surface area (Å²) in [6, 6.07) is 23.9. The molecule has 4 aromatic rings. The molecule has 1 aliphatic rings. The molecule has 0 spiro atoms. The minimum Gasteiger partial charge on any atom is -0.325 e. The number of benzene rings is 4. The van der Waals surface area contributed by atoms with Crippen molar-refractivity contribution in [2.75, 3.05) is 20.9 Å². The van der Waals surface area contributed by atoms with Crippen LogP contribution in [0.3, 0.4) is 0 Å². The Labute approximate surface area is 226 Å². The van der Waals surface area contributed by atoms with Crippen molar-refractivity contribution in [1.29, 1.82) is 0 Å². The Kier molecular flexibility index (Phi) is 6.64. The summed E-state index contributed by atoms with van der Waals surface area (Å²) in [6.07, 6.45) is 0. The summed E-state index contributed by atoms with van der Waals surface area (Å²) in [4.78, 5) is 13.1. The lowest BCUT2D eigenvalue weighted by Gasteiger charge is -2.31. The van der Waals surface area contributed by atoms with Crippen LogP contribution in [0.1, 0.15) is 5.56 Å². The SMILES string of the molecule is Cc1ccc2c(c1)-c1ccccc1S(=O)(=O)N2CC(=O)Nc1ccc(S(=O)(=O)Nc2ccc(Cl)cc2)cc1. The maximum atomic E-state index is 13.4. The smallest absolute Gasteiger partial charge is 0.265 e. The van der Waals surface area contributed by atoms with Gasteiger partial charge in [-0.05, 0) is 73.7 Å². The second-order valence-corrected chi connectivity index (χ2v) is 12.7. The molecule has 0 bridgehead atoms. The zero-order valence-electron chi connectivity index (χ0n) is 20.1. The zero-order valence-corrected chi connectivity index (χ0v) is 22.4. The summed E-state index contributed by atoms with van der Waals surface area (Å²) in [5.41, 5.74) is 3.37. The lowest BCUT2D eigenvalue weighted by molar-refractivity contribution is -0.114. The number of rotatable bonds is 6. The van der Waals surface area contributed by atoms with Crippen molar-refractivity contribution in [2.45, 2.75) is 16.7 Å². The van der Waals surface area contributed by atoms with Crippen LogP contribution in [0.15, 0.2) is 101 Å². The van der Waals surface area contributed by atoms with Gasteiger partial charge in [0.15, 0.2) is 0 Å². The van der Waals surface area contributed by atoms with Gasteiger partial charge in [0, 0.05) is 27.5 Å². The monoisotopic (exact) mass is 567 g/mol. The van der Waals surface area contributed by atoms with Gasteiger partial charge in [0.2, 0.25) is 5.91 Å². The highest BCUT2D eigenvalue weighted by Gasteiger charge is 2.35. The average Bonchev–Trinajstić information content (AvgIpc) is 2.88. The van der Waals surface area contributed by atoms with E-state index in [2.05, 4.69) is 10.0 Å². The van der Waals surface area contributed by atoms with E-state index in [1.54, 1.807) is 54.6 Å². The van der Waals surface area contributed by atoms with Crippen molar-refractivity contribution in [3.63, 3.8) is 0 Å². The van der Waals surface area contributed by atoms with Crippen LogP contribution < -0.4 is 14.3 Å². The summed E-state index contributed by atoms with van der Waals surface area (Å²) in [5.74, 6) is -0.575. The molecule has 2 N–H and O–H groups in total. The van der Waals surface area contributed by atoms with Gasteiger partial charge in [0.1, 0.15) is 6.54 Å². The van der Waals surface area contributed by atoms with Crippen LogP contribution in [0.25, 0.3) is 11.1 Å². The van der Waals surface area contributed by atoms with Gasteiger partial charge in [-0.2, -0.15) is 0 Å². The van der Waals surface area contributed by atoms with Gasteiger partial charge in [0.25, 0.3) is 20.0 Å². The van der Waals surface area contributed by atoms with Crippen LogP contribution in [0, 0.1) is 6.92 Å². The number of anilines is 3. The highest BCUT2D eigenvalue weighted by molar-refractivity contribution is 7.93. The molecule has 5 rings (SSSR count). The number of fused-ring (bicyclic) bond motifs is 3. The largest absolute Gasteiger partial charge is 0.325 e. The number of halogens is 1. The number of aryl methyl sites for hydroxylation is 1. The Morgan fingerprint density at radius 2 is 1.53 bits per heavy atom. The fourth-order valence-electron chi connectivity index (χ4n) is 4.20. The molecule has 0 unspecified atom stereocenters. The van der Waals surface area contributed by atoms with Crippen LogP contribution in [-0.2, 0) is 24.8 Å². The van der Waals surface area contributed by atoms with E-state index in [9.17, 15) is 21.6 Å². The van der Waals surface area contributed by atoms with Crippen LogP contribution in [-0.4, -0.2) is 29.3 Å². The number of nitrogens with zero attached hydrogens (tertiary/aromatic N) is 1. The number of nitrogens with one attached hydrogen (secondary N) is 2. The number of hydrogen-bond acceptors (Lipinski definition) is 5. The third kappa shape index (κ3) is 4.98. The van der Waals surface area contributed by atoms with Crippen molar-refractivity contribution < 1.29 is 21.6 Å². The maximum Gasteiger partial charge on any atom is 0.265 e. The molecule has 0 fully saturated rings. The molecule has 38 heavy (non-hydrogen) atoms. The van der Waals surface area contributed by atoms with Crippen molar-refractivity contribution in [1.82, 2.24) is 0 Å². The minimum atomic E-state index is -3.98. The molecule has 0 atom stereocenters. The predicted molar refractivity (Wildman–Crippen MR) is 148 cm³/mol. The highest BCUT2D eigenvalue weighted by Crippen LogP contribution is 2.43. The van der Waals surface area contributed by atoms with Crippen molar-refractivity contribution in [3.05, 3.63) is 102 Å². The lowest BCUT2D eigenvalue weighted by atomic mass is 10.0. The molecule has 1 heterocycles. The molecule has 0 saturated carbocycles. The predicted octanol–water partition coefficient (Wildman–Crippen LogP) is 5.26. The first-order valence-corrected chi connectivity index (χ1v) is 14.8. The third-order valence-corrected chi connectivity index (χ3v) is 9.47. The molecule has 8 nitrogen and oxygen atoms in total. The summed E-state index contributed by atoms with van der Waals surface area (Å²) in [6.45, 7) is 1.46. The topological polar surface area (TPSA) is 113 Å². The molecule has 0 radical (unpaired) electrons. The standard InChI is InChI=1S/C27H22ClN3O5S2/c1-18-6-15-25-24(16-18)23-4-2-3-5-26(23)38(35,36)31(25)17-27(32)29-20-11-13-22(14-12-20)37(33,34)30-21-9-7-19(28)8-10-21/h2-16,30H,17H2,1H3,(H,29,32). The molecule has 0 saturated heterocycles. The van der Waals surface area contributed by atoms with Crippen LogP contribution in [0.2, 0.25) is 5.02 Å². The fourth-order valence-corrected chi connectivity index (χ4v) is 7.03. The van der Waals surface area contributed by atoms with E-state index in [1.165, 1.54) is 30.3 Å². The molecular weight excluding hydrogens is 546 g/mol. The molecule has 1 amide bonds. The lowest BCUT2D eigenvalue weighted by Crippen LogP contribution is -2.40. The van der Waals surface area contributed by atoms with Gasteiger partial charge in [-0.15, -0.1) is 0 Å². The van der Waals surface area contributed by atoms with E-state index in [0.29, 0.717) is 27.6 Å². The van der Waals surface area contributed by atoms with Gasteiger partial charge < -0.3 is 5.32 Å². The molecule has 1 aliphatic heterocycles. The van der Waals surface area contributed by atoms with Crippen LogP contribution in [0.4, 0.5) is 17.1 Å². The molecule has 0 aliphatic carbocycles. The summed E-state index contributed by atoms with van der Waals surface area (Å²) < 4.78 is 55.8. The number of hydrogen-bond donors (Lipinski definition) is 2. The molecule has 194 valence electrons. The quantitative estimate of drug-likeness (QED) is 0.330. The van der Waals surface area contributed by atoms with E-state index >= 15 is 0 Å². The number of amides is 1. The summed E-state index contributed by atoms with van der Waals surface area (Å²) >= 11 is 5.84. The van der Waals surface area contributed by atoms with E-state index in [-0.39, 0.29) is 9.79 Å². The van der Waals surface area contributed by atoms with Crippen molar-refractivity contribution in [2.24, 2.45) is 0 Å². The van der Waals surface area contributed by atoms with Gasteiger partial charge >= 0.3 is 0 Å². The minimum absolute atomic E-state index is 0.00929. The molecule has 4 aromatic carbocycles. The Hall–Kier alpha value is -3.86. The zero-order chi connectivity index (χ0) is 27.1. The second kappa shape index (κ2) is 9.79. The first-order chi connectivity index (χ1) is 18.0. The van der Waals surface area contributed by atoms with E-state index in [1.807, 2.05) is 13.0 Å². The summed E-state index contributed by atoms with van der Waals surface area (Å²) in [7, 11) is -7.85. The summed E-state index contributed by atoms with van der Waals surface area (Å²) in [5, 5.41) is 3.13. The number of sulfonamides is 2. The van der Waals surface area contributed by atoms with Gasteiger partial charge in [-0.25, -0.2) is 16.8 Å².